The lowest BCUT2D eigenvalue weighted by molar-refractivity contribution is 0.168. The summed E-state index contributed by atoms with van der Waals surface area (Å²) in [4.78, 5) is 0. The van der Waals surface area contributed by atoms with Gasteiger partial charge in [0.25, 0.3) is 0 Å². The van der Waals surface area contributed by atoms with Crippen LogP contribution >= 0.6 is 0 Å². The van der Waals surface area contributed by atoms with E-state index in [1.807, 2.05) is 19.2 Å². The molecule has 0 unspecified atom stereocenters. The number of aromatic nitrogens is 2. The number of rotatable bonds is 6. The second-order valence-electron chi connectivity index (χ2n) is 4.73. The largest absolute Gasteiger partial charge is 0.387 e. The molecule has 0 aliphatic rings. The van der Waals surface area contributed by atoms with Crippen molar-refractivity contribution in [3.05, 3.63) is 53.9 Å². The van der Waals surface area contributed by atoms with Crippen LogP contribution in [0.3, 0.4) is 0 Å². The molecular formula is C14H17F2N3O. The molecule has 4 nitrogen and oxygen atoms in total. The summed E-state index contributed by atoms with van der Waals surface area (Å²) in [6, 6.07) is 5.34. The van der Waals surface area contributed by atoms with E-state index >= 15 is 0 Å². The van der Waals surface area contributed by atoms with Crippen LogP contribution in [-0.2, 0) is 6.54 Å². The number of nitrogens with one attached hydrogen (secondary N) is 1. The van der Waals surface area contributed by atoms with E-state index < -0.39 is 17.7 Å². The third-order valence-electron chi connectivity index (χ3n) is 3.01. The van der Waals surface area contributed by atoms with Crippen LogP contribution in [0.25, 0.3) is 0 Å². The highest BCUT2D eigenvalue weighted by Gasteiger charge is 2.12. The fourth-order valence-corrected chi connectivity index (χ4v) is 1.90. The fraction of sp³-hybridized carbons (Fsp3) is 0.357. The van der Waals surface area contributed by atoms with E-state index in [9.17, 15) is 13.9 Å². The summed E-state index contributed by atoms with van der Waals surface area (Å²) >= 11 is 0. The van der Waals surface area contributed by atoms with Gasteiger partial charge in [0, 0.05) is 25.0 Å². The Morgan fingerprint density at radius 2 is 2.15 bits per heavy atom. The molecule has 0 aliphatic carbocycles. The number of hydrogen-bond donors (Lipinski definition) is 2. The fourth-order valence-electron chi connectivity index (χ4n) is 1.90. The first-order chi connectivity index (χ1) is 9.56. The standard InChI is InChI=1S/C14H17F2N3O/c1-10(9-19-6-2-5-18-19)17-8-14(20)11-3-4-12(15)13(16)7-11/h2-7,10,14,17,20H,8-9H2,1H3/t10-,14+/m0/s1. The quantitative estimate of drug-likeness (QED) is 0.850. The highest BCUT2D eigenvalue weighted by atomic mass is 19.2. The minimum Gasteiger partial charge on any atom is -0.387 e. The van der Waals surface area contributed by atoms with E-state index in [-0.39, 0.29) is 12.6 Å². The van der Waals surface area contributed by atoms with Gasteiger partial charge in [-0.15, -0.1) is 0 Å². The maximum Gasteiger partial charge on any atom is 0.159 e. The van der Waals surface area contributed by atoms with Crippen molar-refractivity contribution < 1.29 is 13.9 Å². The van der Waals surface area contributed by atoms with Crippen LogP contribution in [0.15, 0.2) is 36.7 Å². The van der Waals surface area contributed by atoms with E-state index in [4.69, 9.17) is 0 Å². The third-order valence-corrected chi connectivity index (χ3v) is 3.01. The molecule has 0 bridgehead atoms. The van der Waals surface area contributed by atoms with Gasteiger partial charge in [0.2, 0.25) is 0 Å². The lowest BCUT2D eigenvalue weighted by Crippen LogP contribution is -2.33. The summed E-state index contributed by atoms with van der Waals surface area (Å²) in [5.41, 5.74) is 0.350. The first-order valence-corrected chi connectivity index (χ1v) is 6.40. The molecular weight excluding hydrogens is 264 g/mol. The van der Waals surface area contributed by atoms with Gasteiger partial charge < -0.3 is 10.4 Å². The first-order valence-electron chi connectivity index (χ1n) is 6.40. The molecule has 1 aromatic carbocycles. The predicted molar refractivity (Wildman–Crippen MR) is 71.0 cm³/mol. The zero-order chi connectivity index (χ0) is 14.5. The van der Waals surface area contributed by atoms with Gasteiger partial charge in [-0.1, -0.05) is 6.07 Å². The van der Waals surface area contributed by atoms with Crippen LogP contribution in [0.2, 0.25) is 0 Å². The summed E-state index contributed by atoms with van der Waals surface area (Å²) < 4.78 is 27.7. The van der Waals surface area contributed by atoms with E-state index in [2.05, 4.69) is 10.4 Å². The molecule has 0 amide bonds. The second-order valence-corrected chi connectivity index (χ2v) is 4.73. The minimum absolute atomic E-state index is 0.0924. The van der Waals surface area contributed by atoms with Crippen LogP contribution in [0.5, 0.6) is 0 Å². The number of aliphatic hydroxyl groups excluding tert-OH is 1. The van der Waals surface area contributed by atoms with Crippen molar-refractivity contribution >= 4 is 0 Å². The Bertz CT molecular complexity index is 545. The SMILES string of the molecule is C[C@@H](Cn1cccn1)NC[C@@H](O)c1ccc(F)c(F)c1. The third kappa shape index (κ3) is 3.85. The maximum absolute atomic E-state index is 13.1. The topological polar surface area (TPSA) is 50.1 Å². The zero-order valence-electron chi connectivity index (χ0n) is 11.1. The number of nitrogens with zero attached hydrogens (tertiary/aromatic N) is 2. The molecule has 2 rings (SSSR count). The van der Waals surface area contributed by atoms with E-state index in [1.165, 1.54) is 6.07 Å². The van der Waals surface area contributed by atoms with Crippen molar-refractivity contribution in [3.63, 3.8) is 0 Å². The molecule has 2 aromatic rings. The van der Waals surface area contributed by atoms with Crippen molar-refractivity contribution in [2.24, 2.45) is 0 Å². The Morgan fingerprint density at radius 1 is 1.35 bits per heavy atom. The number of hydrogen-bond acceptors (Lipinski definition) is 3. The molecule has 2 N–H and O–H groups in total. The van der Waals surface area contributed by atoms with E-state index in [0.29, 0.717) is 12.1 Å². The van der Waals surface area contributed by atoms with E-state index in [1.54, 1.807) is 10.9 Å². The second kappa shape index (κ2) is 6.58. The Kier molecular flexibility index (Phi) is 4.81. The van der Waals surface area contributed by atoms with Gasteiger partial charge in [-0.05, 0) is 30.7 Å². The summed E-state index contributed by atoms with van der Waals surface area (Å²) in [6.45, 7) is 2.88. The molecule has 0 spiro atoms. The summed E-state index contributed by atoms with van der Waals surface area (Å²) in [7, 11) is 0. The van der Waals surface area contributed by atoms with Gasteiger partial charge in [0.05, 0.1) is 12.6 Å². The first kappa shape index (κ1) is 14.6. The molecule has 108 valence electrons. The van der Waals surface area contributed by atoms with Crippen LogP contribution in [-0.4, -0.2) is 27.5 Å². The van der Waals surface area contributed by atoms with Crippen LogP contribution in [0.4, 0.5) is 8.78 Å². The molecule has 1 aromatic heterocycles. The molecule has 0 saturated heterocycles. The Hall–Kier alpha value is -1.79. The lowest BCUT2D eigenvalue weighted by Gasteiger charge is -2.17. The average Bonchev–Trinajstić information content (AvgIpc) is 2.92. The maximum atomic E-state index is 13.1. The molecule has 0 fully saturated rings. The van der Waals surface area contributed by atoms with Crippen molar-refractivity contribution in [2.45, 2.75) is 25.6 Å². The van der Waals surface area contributed by atoms with Crippen molar-refractivity contribution in [2.75, 3.05) is 6.54 Å². The summed E-state index contributed by atoms with van der Waals surface area (Å²) in [5.74, 6) is -1.87. The van der Waals surface area contributed by atoms with Gasteiger partial charge in [0.1, 0.15) is 0 Å². The monoisotopic (exact) mass is 281 g/mol. The summed E-state index contributed by atoms with van der Waals surface area (Å²) in [5, 5.41) is 17.1. The lowest BCUT2D eigenvalue weighted by atomic mass is 10.1. The zero-order valence-corrected chi connectivity index (χ0v) is 11.1. The van der Waals surface area contributed by atoms with Gasteiger partial charge in [-0.2, -0.15) is 5.10 Å². The van der Waals surface area contributed by atoms with E-state index in [0.717, 1.165) is 12.1 Å². The smallest absolute Gasteiger partial charge is 0.159 e. The molecule has 1 heterocycles. The molecule has 0 aliphatic heterocycles. The van der Waals surface area contributed by atoms with Crippen molar-refractivity contribution in [1.82, 2.24) is 15.1 Å². The Labute approximate surface area is 116 Å². The van der Waals surface area contributed by atoms with Crippen LogP contribution < -0.4 is 5.32 Å². The minimum atomic E-state index is -0.953. The predicted octanol–water partition coefficient (Wildman–Crippen LogP) is 1.87. The van der Waals surface area contributed by atoms with Gasteiger partial charge in [-0.25, -0.2) is 8.78 Å². The number of benzene rings is 1. The van der Waals surface area contributed by atoms with Crippen molar-refractivity contribution in [1.29, 1.82) is 0 Å². The van der Waals surface area contributed by atoms with Crippen molar-refractivity contribution in [3.8, 4) is 0 Å². The summed E-state index contributed by atoms with van der Waals surface area (Å²) in [6.07, 6.45) is 2.66. The van der Waals surface area contributed by atoms with Crippen LogP contribution in [0.1, 0.15) is 18.6 Å². The molecule has 6 heteroatoms. The highest BCUT2D eigenvalue weighted by Crippen LogP contribution is 2.15. The molecule has 0 saturated carbocycles. The number of halogens is 2. The number of aliphatic hydroxyl groups is 1. The molecule has 20 heavy (non-hydrogen) atoms. The van der Waals surface area contributed by atoms with Gasteiger partial charge in [-0.3, -0.25) is 4.68 Å². The Balaban J connectivity index is 1.85. The highest BCUT2D eigenvalue weighted by molar-refractivity contribution is 5.20. The van der Waals surface area contributed by atoms with Gasteiger partial charge >= 0.3 is 0 Å². The Morgan fingerprint density at radius 3 is 2.80 bits per heavy atom. The normalized spacial score (nSPS) is 14.2. The van der Waals surface area contributed by atoms with Crippen LogP contribution in [0, 0.1) is 11.6 Å². The molecule has 2 atom stereocenters. The average molecular weight is 281 g/mol. The van der Waals surface area contributed by atoms with Gasteiger partial charge in [0.15, 0.2) is 11.6 Å². The molecule has 0 radical (unpaired) electrons.